The maximum Gasteiger partial charge on any atom is 0.339 e. The van der Waals surface area contributed by atoms with Crippen molar-refractivity contribution in [1.82, 2.24) is 4.98 Å². The summed E-state index contributed by atoms with van der Waals surface area (Å²) in [5.41, 5.74) is 0.475. The first-order valence-electron chi connectivity index (χ1n) is 3.36. The molecule has 0 bridgehead atoms. The average Bonchev–Trinajstić information content (AvgIpc) is 2.16. The lowest BCUT2D eigenvalue weighted by molar-refractivity contribution is 0.0600. The maximum absolute atomic E-state index is 11.0. The van der Waals surface area contributed by atoms with Crippen LogP contribution in [0.1, 0.15) is 16.1 Å². The Hall–Kier alpha value is -1.54. The molecule has 0 radical (unpaired) electrons. The molecular formula is C8H6N2O2S. The Morgan fingerprint density at radius 1 is 1.77 bits per heavy atom. The Labute approximate surface area is 80.6 Å². The van der Waals surface area contributed by atoms with E-state index in [1.54, 1.807) is 0 Å². The highest BCUT2D eigenvalue weighted by Gasteiger charge is 2.08. The molecule has 66 valence electrons. The molecule has 1 aromatic rings. The van der Waals surface area contributed by atoms with Gasteiger partial charge in [0.15, 0.2) is 5.69 Å². The van der Waals surface area contributed by atoms with Crippen LogP contribution in [0.15, 0.2) is 17.2 Å². The van der Waals surface area contributed by atoms with Crippen LogP contribution in [0.2, 0.25) is 0 Å². The molecule has 0 aliphatic heterocycles. The second-order valence-electron chi connectivity index (χ2n) is 2.20. The number of carbonyl (C=O) groups excluding carboxylic acids is 1. The van der Waals surface area contributed by atoms with Crippen molar-refractivity contribution in [2.24, 2.45) is 0 Å². The third-order valence-electron chi connectivity index (χ3n) is 1.39. The first-order chi connectivity index (χ1) is 6.19. The van der Waals surface area contributed by atoms with E-state index >= 15 is 0 Å². The van der Waals surface area contributed by atoms with Crippen molar-refractivity contribution in [2.75, 3.05) is 7.11 Å². The fraction of sp³-hybridized carbons (Fsp3) is 0.125. The van der Waals surface area contributed by atoms with Crippen molar-refractivity contribution in [2.45, 2.75) is 4.90 Å². The van der Waals surface area contributed by atoms with E-state index in [1.165, 1.54) is 19.4 Å². The molecule has 0 fully saturated rings. The number of rotatable bonds is 1. The molecule has 4 nitrogen and oxygen atoms in total. The fourth-order valence-corrected chi connectivity index (χ4v) is 1.02. The SMILES string of the molecule is COC(=O)c1cnc(C#N)c(S)c1. The normalized spacial score (nSPS) is 9.00. The fourth-order valence-electron chi connectivity index (χ4n) is 0.769. The van der Waals surface area contributed by atoms with Crippen molar-refractivity contribution < 1.29 is 9.53 Å². The van der Waals surface area contributed by atoms with Gasteiger partial charge in [-0.1, -0.05) is 0 Å². The maximum atomic E-state index is 11.0. The number of hydrogen-bond acceptors (Lipinski definition) is 5. The van der Waals surface area contributed by atoms with Gasteiger partial charge in [-0.2, -0.15) is 5.26 Å². The zero-order chi connectivity index (χ0) is 9.84. The predicted octanol–water partition coefficient (Wildman–Crippen LogP) is 1.03. The number of carbonyl (C=O) groups is 1. The largest absolute Gasteiger partial charge is 0.465 e. The lowest BCUT2D eigenvalue weighted by Gasteiger charge is -1.99. The highest BCUT2D eigenvalue weighted by molar-refractivity contribution is 7.80. The topological polar surface area (TPSA) is 63.0 Å². The molecule has 0 spiro atoms. The minimum Gasteiger partial charge on any atom is -0.465 e. The van der Waals surface area contributed by atoms with Gasteiger partial charge in [0.25, 0.3) is 0 Å². The molecule has 13 heavy (non-hydrogen) atoms. The lowest BCUT2D eigenvalue weighted by Crippen LogP contribution is -2.02. The monoisotopic (exact) mass is 194 g/mol. The molecular weight excluding hydrogens is 188 g/mol. The standard InChI is InChI=1S/C8H6N2O2S/c1-12-8(11)5-2-7(13)6(3-9)10-4-5/h2,4,13H,1H3. The molecule has 0 aliphatic carbocycles. The van der Waals surface area contributed by atoms with E-state index in [1.807, 2.05) is 6.07 Å². The van der Waals surface area contributed by atoms with Gasteiger partial charge in [0.05, 0.1) is 12.7 Å². The first-order valence-corrected chi connectivity index (χ1v) is 3.81. The Morgan fingerprint density at radius 2 is 2.46 bits per heavy atom. The van der Waals surface area contributed by atoms with E-state index in [4.69, 9.17) is 5.26 Å². The van der Waals surface area contributed by atoms with Crippen LogP contribution in [0.4, 0.5) is 0 Å². The van der Waals surface area contributed by atoms with Gasteiger partial charge in [-0.05, 0) is 6.07 Å². The summed E-state index contributed by atoms with van der Waals surface area (Å²) in [6.07, 6.45) is 1.28. The highest BCUT2D eigenvalue weighted by atomic mass is 32.1. The van der Waals surface area contributed by atoms with Crippen LogP contribution in [-0.2, 0) is 4.74 Å². The summed E-state index contributed by atoms with van der Waals surface area (Å²) >= 11 is 3.99. The van der Waals surface area contributed by atoms with Gasteiger partial charge >= 0.3 is 5.97 Å². The number of hydrogen-bond donors (Lipinski definition) is 1. The van der Waals surface area contributed by atoms with Crippen LogP contribution in [0.5, 0.6) is 0 Å². The second-order valence-corrected chi connectivity index (χ2v) is 2.68. The first kappa shape index (κ1) is 9.55. The van der Waals surface area contributed by atoms with E-state index in [0.717, 1.165) is 0 Å². The molecule has 1 aromatic heterocycles. The number of pyridine rings is 1. The number of ether oxygens (including phenoxy) is 1. The molecule has 0 saturated carbocycles. The minimum absolute atomic E-state index is 0.191. The van der Waals surface area contributed by atoms with Crippen molar-refractivity contribution in [3.05, 3.63) is 23.5 Å². The molecule has 1 rings (SSSR count). The second kappa shape index (κ2) is 3.92. The Kier molecular flexibility index (Phi) is 2.88. The van der Waals surface area contributed by atoms with Crippen molar-refractivity contribution >= 4 is 18.6 Å². The number of methoxy groups -OCH3 is 1. The summed E-state index contributed by atoms with van der Waals surface area (Å²) < 4.78 is 4.47. The Bertz CT molecular complexity index is 384. The Balaban J connectivity index is 3.11. The quantitative estimate of drug-likeness (QED) is 0.535. The molecule has 0 unspecified atom stereocenters. The molecule has 0 aliphatic rings. The van der Waals surface area contributed by atoms with Gasteiger partial charge in [0.2, 0.25) is 0 Å². The summed E-state index contributed by atoms with van der Waals surface area (Å²) in [6, 6.07) is 3.28. The van der Waals surface area contributed by atoms with Crippen LogP contribution in [-0.4, -0.2) is 18.1 Å². The summed E-state index contributed by atoms with van der Waals surface area (Å²) in [5, 5.41) is 8.53. The van der Waals surface area contributed by atoms with Gasteiger partial charge < -0.3 is 4.74 Å². The average molecular weight is 194 g/mol. The highest BCUT2D eigenvalue weighted by Crippen LogP contribution is 2.12. The van der Waals surface area contributed by atoms with E-state index in [0.29, 0.717) is 4.90 Å². The third kappa shape index (κ3) is 1.98. The molecule has 5 heteroatoms. The molecule has 1 heterocycles. The summed E-state index contributed by atoms with van der Waals surface area (Å²) in [5.74, 6) is -0.493. The van der Waals surface area contributed by atoms with Gasteiger partial charge in [-0.15, -0.1) is 12.6 Å². The van der Waals surface area contributed by atoms with E-state index in [2.05, 4.69) is 22.3 Å². The number of esters is 1. The van der Waals surface area contributed by atoms with Gasteiger partial charge in [-0.3, -0.25) is 0 Å². The zero-order valence-corrected chi connectivity index (χ0v) is 7.71. The van der Waals surface area contributed by atoms with Crippen LogP contribution in [0.25, 0.3) is 0 Å². The molecule has 0 aromatic carbocycles. The van der Waals surface area contributed by atoms with Crippen LogP contribution >= 0.6 is 12.6 Å². The predicted molar refractivity (Wildman–Crippen MR) is 47.5 cm³/mol. The van der Waals surface area contributed by atoms with Crippen LogP contribution in [0, 0.1) is 11.3 Å². The molecule has 0 saturated heterocycles. The van der Waals surface area contributed by atoms with Crippen molar-refractivity contribution in [3.8, 4) is 6.07 Å². The Morgan fingerprint density at radius 3 is 2.92 bits per heavy atom. The van der Waals surface area contributed by atoms with E-state index < -0.39 is 5.97 Å². The summed E-state index contributed by atoms with van der Waals surface area (Å²) in [7, 11) is 1.28. The van der Waals surface area contributed by atoms with Crippen molar-refractivity contribution in [1.29, 1.82) is 5.26 Å². The molecule has 0 amide bonds. The minimum atomic E-state index is -0.493. The van der Waals surface area contributed by atoms with E-state index in [-0.39, 0.29) is 11.3 Å². The van der Waals surface area contributed by atoms with Crippen LogP contribution in [0.3, 0.4) is 0 Å². The zero-order valence-electron chi connectivity index (χ0n) is 6.81. The smallest absolute Gasteiger partial charge is 0.339 e. The number of nitrogens with zero attached hydrogens (tertiary/aromatic N) is 2. The van der Waals surface area contributed by atoms with Gasteiger partial charge in [0, 0.05) is 11.1 Å². The summed E-state index contributed by atoms with van der Waals surface area (Å²) in [6.45, 7) is 0. The van der Waals surface area contributed by atoms with Gasteiger partial charge in [0.1, 0.15) is 6.07 Å². The number of nitriles is 1. The molecule has 0 N–H and O–H groups in total. The summed E-state index contributed by atoms with van der Waals surface area (Å²) in [4.78, 5) is 15.1. The van der Waals surface area contributed by atoms with Crippen molar-refractivity contribution in [3.63, 3.8) is 0 Å². The van der Waals surface area contributed by atoms with Crippen LogP contribution < -0.4 is 0 Å². The third-order valence-corrected chi connectivity index (χ3v) is 1.74. The van der Waals surface area contributed by atoms with Gasteiger partial charge in [-0.25, -0.2) is 9.78 Å². The lowest BCUT2D eigenvalue weighted by atomic mass is 10.2. The molecule has 0 atom stereocenters. The van der Waals surface area contributed by atoms with E-state index in [9.17, 15) is 4.79 Å². The number of thiol groups is 1. The number of aromatic nitrogens is 1.